The zero-order chi connectivity index (χ0) is 21.2. The second kappa shape index (κ2) is 9.14. The van der Waals surface area contributed by atoms with Crippen LogP contribution >= 0.6 is 0 Å². The molecule has 29 heavy (non-hydrogen) atoms. The van der Waals surface area contributed by atoms with Gasteiger partial charge in [0.1, 0.15) is 4.90 Å². The second-order valence-corrected chi connectivity index (χ2v) is 10.7. The molecule has 2 aliphatic rings. The number of carbonyl (C=O) groups excluding carboxylic acids is 1. The van der Waals surface area contributed by atoms with Crippen molar-refractivity contribution in [1.29, 1.82) is 0 Å². The number of aromatic nitrogens is 2. The van der Waals surface area contributed by atoms with Crippen LogP contribution in [-0.2, 0) is 21.9 Å². The highest BCUT2D eigenvalue weighted by molar-refractivity contribution is 7.89. The fourth-order valence-corrected chi connectivity index (χ4v) is 5.99. The van der Waals surface area contributed by atoms with Gasteiger partial charge in [-0.25, -0.2) is 8.42 Å². The number of nitrogens with one attached hydrogen (secondary N) is 1. The number of sulfonamides is 1. The van der Waals surface area contributed by atoms with Crippen LogP contribution in [0.15, 0.2) is 11.1 Å². The molecule has 0 bridgehead atoms. The molecule has 0 saturated carbocycles. The van der Waals surface area contributed by atoms with Crippen molar-refractivity contribution in [2.24, 2.45) is 18.9 Å². The molecule has 0 unspecified atom stereocenters. The zero-order valence-electron chi connectivity index (χ0n) is 18.1. The van der Waals surface area contributed by atoms with Gasteiger partial charge in [-0.3, -0.25) is 9.48 Å². The lowest BCUT2D eigenvalue weighted by molar-refractivity contribution is -0.126. The van der Waals surface area contributed by atoms with Gasteiger partial charge in [-0.2, -0.15) is 9.40 Å². The van der Waals surface area contributed by atoms with Crippen molar-refractivity contribution >= 4 is 15.9 Å². The lowest BCUT2D eigenvalue weighted by Crippen LogP contribution is -2.49. The summed E-state index contributed by atoms with van der Waals surface area (Å²) in [5.74, 6) is 0.444. The van der Waals surface area contributed by atoms with E-state index in [1.165, 1.54) is 23.3 Å². The Morgan fingerprint density at radius 2 is 1.97 bits per heavy atom. The standard InChI is InChI=1S/C20H35N5O3S/c1-15-7-10-24(11-8-15)13-16(2)22-20(26)18-6-5-9-25(14-18)29(27,28)19-12-21-23(4)17(19)3/h12,15-16,18H,5-11,13-14H2,1-4H3,(H,22,26)/t16-,18-/m0/s1. The summed E-state index contributed by atoms with van der Waals surface area (Å²) >= 11 is 0. The molecule has 3 heterocycles. The average molecular weight is 426 g/mol. The van der Waals surface area contributed by atoms with Crippen LogP contribution in [0.3, 0.4) is 0 Å². The number of carbonyl (C=O) groups is 1. The van der Waals surface area contributed by atoms with Crippen LogP contribution in [0, 0.1) is 18.8 Å². The molecule has 9 heteroatoms. The predicted molar refractivity (Wildman–Crippen MR) is 112 cm³/mol. The van der Waals surface area contributed by atoms with Crippen LogP contribution in [-0.4, -0.2) is 72.1 Å². The number of amides is 1. The summed E-state index contributed by atoms with van der Waals surface area (Å²) in [6.45, 7) is 9.77. The van der Waals surface area contributed by atoms with Crippen molar-refractivity contribution in [3.8, 4) is 0 Å². The van der Waals surface area contributed by atoms with Gasteiger partial charge in [-0.1, -0.05) is 6.92 Å². The topological polar surface area (TPSA) is 87.5 Å². The molecule has 0 spiro atoms. The Morgan fingerprint density at radius 3 is 2.59 bits per heavy atom. The van der Waals surface area contributed by atoms with Crippen LogP contribution < -0.4 is 5.32 Å². The van der Waals surface area contributed by atoms with Gasteiger partial charge in [0.05, 0.1) is 17.8 Å². The molecule has 1 aromatic rings. The van der Waals surface area contributed by atoms with Crippen LogP contribution in [0.1, 0.15) is 45.2 Å². The van der Waals surface area contributed by atoms with Crippen LogP contribution in [0.25, 0.3) is 0 Å². The van der Waals surface area contributed by atoms with Gasteiger partial charge in [0, 0.05) is 32.7 Å². The SMILES string of the molecule is Cc1c(S(=O)(=O)N2CCC[C@H](C(=O)N[C@@H](C)CN3CCC(C)CC3)C2)cnn1C. The highest BCUT2D eigenvalue weighted by Crippen LogP contribution is 2.25. The van der Waals surface area contributed by atoms with Crippen molar-refractivity contribution in [1.82, 2.24) is 24.3 Å². The van der Waals surface area contributed by atoms with E-state index in [1.54, 1.807) is 18.7 Å². The summed E-state index contributed by atoms with van der Waals surface area (Å²) in [5.41, 5.74) is 0.612. The first-order chi connectivity index (χ1) is 13.7. The van der Waals surface area contributed by atoms with Crippen LogP contribution in [0.5, 0.6) is 0 Å². The number of nitrogens with zero attached hydrogens (tertiary/aromatic N) is 4. The van der Waals surface area contributed by atoms with E-state index in [0.717, 1.165) is 32.0 Å². The largest absolute Gasteiger partial charge is 0.352 e. The van der Waals surface area contributed by atoms with E-state index in [2.05, 4.69) is 22.2 Å². The number of rotatable bonds is 6. The average Bonchev–Trinajstić information content (AvgIpc) is 3.03. The Kier molecular flexibility index (Phi) is 7.01. The summed E-state index contributed by atoms with van der Waals surface area (Å²) in [4.78, 5) is 15.5. The van der Waals surface area contributed by atoms with E-state index in [4.69, 9.17) is 0 Å². The van der Waals surface area contributed by atoms with Gasteiger partial charge in [0.2, 0.25) is 15.9 Å². The Hall–Kier alpha value is -1.45. The molecule has 2 saturated heterocycles. The van der Waals surface area contributed by atoms with E-state index < -0.39 is 10.0 Å². The van der Waals surface area contributed by atoms with E-state index in [0.29, 0.717) is 18.7 Å². The fraction of sp³-hybridized carbons (Fsp3) is 0.800. The molecular formula is C20H35N5O3S. The highest BCUT2D eigenvalue weighted by Gasteiger charge is 2.35. The number of hydrogen-bond acceptors (Lipinski definition) is 5. The molecule has 2 atom stereocenters. The van der Waals surface area contributed by atoms with Crippen molar-refractivity contribution < 1.29 is 13.2 Å². The van der Waals surface area contributed by atoms with Crippen LogP contribution in [0.4, 0.5) is 0 Å². The molecule has 1 amide bonds. The van der Waals surface area contributed by atoms with Gasteiger partial charge in [-0.15, -0.1) is 0 Å². The van der Waals surface area contributed by atoms with Crippen molar-refractivity contribution in [3.05, 3.63) is 11.9 Å². The highest BCUT2D eigenvalue weighted by atomic mass is 32.2. The monoisotopic (exact) mass is 425 g/mol. The minimum Gasteiger partial charge on any atom is -0.352 e. The maximum Gasteiger partial charge on any atom is 0.246 e. The molecule has 1 aromatic heterocycles. The minimum atomic E-state index is -3.63. The lowest BCUT2D eigenvalue weighted by atomic mass is 9.98. The quantitative estimate of drug-likeness (QED) is 0.744. The number of hydrogen-bond donors (Lipinski definition) is 1. The minimum absolute atomic E-state index is 0.0364. The molecule has 0 aliphatic carbocycles. The van der Waals surface area contributed by atoms with Crippen LogP contribution in [0.2, 0.25) is 0 Å². The molecule has 8 nitrogen and oxygen atoms in total. The fourth-order valence-electron chi connectivity index (χ4n) is 4.28. The Morgan fingerprint density at radius 1 is 1.28 bits per heavy atom. The first-order valence-electron chi connectivity index (χ1n) is 10.7. The first-order valence-corrected chi connectivity index (χ1v) is 12.1. The van der Waals surface area contributed by atoms with Gasteiger partial charge >= 0.3 is 0 Å². The molecule has 2 aliphatic heterocycles. The van der Waals surface area contributed by atoms with Gasteiger partial charge in [-0.05, 0) is 58.5 Å². The van der Waals surface area contributed by atoms with Crippen molar-refractivity contribution in [3.63, 3.8) is 0 Å². The zero-order valence-corrected chi connectivity index (χ0v) is 18.9. The number of aryl methyl sites for hydroxylation is 1. The Balaban J connectivity index is 1.57. The summed E-state index contributed by atoms with van der Waals surface area (Å²) in [5, 5.41) is 7.17. The third kappa shape index (κ3) is 5.19. The van der Waals surface area contributed by atoms with Crippen molar-refractivity contribution in [2.75, 3.05) is 32.7 Å². The normalized spacial score (nSPS) is 23.8. The summed E-state index contributed by atoms with van der Waals surface area (Å²) < 4.78 is 29.1. The van der Waals surface area contributed by atoms with Gasteiger partial charge in [0.25, 0.3) is 0 Å². The smallest absolute Gasteiger partial charge is 0.246 e. The molecule has 2 fully saturated rings. The van der Waals surface area contributed by atoms with E-state index in [9.17, 15) is 13.2 Å². The summed E-state index contributed by atoms with van der Waals surface area (Å²) in [7, 11) is -1.91. The first kappa shape index (κ1) is 22.2. The number of piperidine rings is 2. The Bertz CT molecular complexity index is 814. The van der Waals surface area contributed by atoms with Gasteiger partial charge in [0.15, 0.2) is 0 Å². The molecule has 164 valence electrons. The third-order valence-electron chi connectivity index (χ3n) is 6.36. The number of likely N-dealkylation sites (tertiary alicyclic amines) is 1. The predicted octanol–water partition coefficient (Wildman–Crippen LogP) is 1.37. The van der Waals surface area contributed by atoms with Gasteiger partial charge < -0.3 is 10.2 Å². The van der Waals surface area contributed by atoms with E-state index >= 15 is 0 Å². The maximum atomic E-state index is 13.0. The summed E-state index contributed by atoms with van der Waals surface area (Å²) in [6.07, 6.45) is 5.23. The second-order valence-electron chi connectivity index (χ2n) is 8.81. The molecule has 3 rings (SSSR count). The lowest BCUT2D eigenvalue weighted by Gasteiger charge is -2.34. The van der Waals surface area contributed by atoms with E-state index in [1.807, 2.05) is 6.92 Å². The maximum absolute atomic E-state index is 13.0. The molecule has 0 aromatic carbocycles. The summed E-state index contributed by atoms with van der Waals surface area (Å²) in [6, 6.07) is 0.0588. The Labute approximate surface area is 174 Å². The molecule has 0 radical (unpaired) electrons. The van der Waals surface area contributed by atoms with E-state index in [-0.39, 0.29) is 29.3 Å². The third-order valence-corrected chi connectivity index (χ3v) is 8.33. The molecule has 1 N–H and O–H groups in total. The molecular weight excluding hydrogens is 390 g/mol. The van der Waals surface area contributed by atoms with Crippen molar-refractivity contribution in [2.45, 2.75) is 57.4 Å².